The van der Waals surface area contributed by atoms with Gasteiger partial charge in [-0.1, -0.05) is 17.3 Å². The quantitative estimate of drug-likeness (QED) is 0.731. The Labute approximate surface area is 145 Å². The van der Waals surface area contributed by atoms with Crippen LogP contribution in [0.5, 0.6) is 5.75 Å². The van der Waals surface area contributed by atoms with E-state index in [0.717, 1.165) is 41.8 Å². The SMILES string of the molecule is COc1cccc([C@@H]2CCCN2C(=O)c2cnc3onc(C)c3c2)c1. The molecule has 1 amide bonds. The van der Waals surface area contributed by atoms with Crippen molar-refractivity contribution in [3.63, 3.8) is 0 Å². The van der Waals surface area contributed by atoms with Crippen molar-refractivity contribution in [3.05, 3.63) is 53.3 Å². The Bertz CT molecular complexity index is 935. The monoisotopic (exact) mass is 337 g/mol. The first-order chi connectivity index (χ1) is 12.2. The summed E-state index contributed by atoms with van der Waals surface area (Å²) in [5, 5.41) is 4.68. The molecule has 0 bridgehead atoms. The number of likely N-dealkylation sites (tertiary alicyclic amines) is 1. The molecule has 0 spiro atoms. The number of pyridine rings is 1. The molecule has 3 aromatic rings. The predicted octanol–water partition coefficient (Wildman–Crippen LogP) is 3.52. The number of amides is 1. The molecule has 2 aromatic heterocycles. The maximum Gasteiger partial charge on any atom is 0.257 e. The highest BCUT2D eigenvalue weighted by Crippen LogP contribution is 2.34. The summed E-state index contributed by atoms with van der Waals surface area (Å²) in [5.41, 5.74) is 2.86. The van der Waals surface area contributed by atoms with Crippen LogP contribution in [0, 0.1) is 6.92 Å². The molecular formula is C19H19N3O3. The van der Waals surface area contributed by atoms with Gasteiger partial charge in [0.15, 0.2) is 0 Å². The summed E-state index contributed by atoms with van der Waals surface area (Å²) < 4.78 is 10.4. The highest BCUT2D eigenvalue weighted by Gasteiger charge is 2.31. The summed E-state index contributed by atoms with van der Waals surface area (Å²) in [5.74, 6) is 0.792. The average Bonchev–Trinajstić information content (AvgIpc) is 3.28. The summed E-state index contributed by atoms with van der Waals surface area (Å²) in [6.45, 7) is 2.58. The van der Waals surface area contributed by atoms with E-state index in [-0.39, 0.29) is 11.9 Å². The fraction of sp³-hybridized carbons (Fsp3) is 0.316. The van der Waals surface area contributed by atoms with Crippen molar-refractivity contribution in [1.82, 2.24) is 15.0 Å². The molecule has 3 heterocycles. The number of aromatic nitrogens is 2. The van der Waals surface area contributed by atoms with Crippen LogP contribution in [0.3, 0.4) is 0 Å². The van der Waals surface area contributed by atoms with Crippen LogP contribution in [-0.2, 0) is 0 Å². The van der Waals surface area contributed by atoms with Crippen LogP contribution in [0.25, 0.3) is 11.1 Å². The predicted molar refractivity (Wildman–Crippen MR) is 92.5 cm³/mol. The van der Waals surface area contributed by atoms with E-state index in [9.17, 15) is 4.79 Å². The molecule has 1 aromatic carbocycles. The Morgan fingerprint density at radius 3 is 3.08 bits per heavy atom. The summed E-state index contributed by atoms with van der Waals surface area (Å²) in [6.07, 6.45) is 3.49. The summed E-state index contributed by atoms with van der Waals surface area (Å²) in [4.78, 5) is 19.2. The lowest BCUT2D eigenvalue weighted by molar-refractivity contribution is 0.0735. The molecule has 0 radical (unpaired) electrons. The van der Waals surface area contributed by atoms with Crippen molar-refractivity contribution in [1.29, 1.82) is 0 Å². The van der Waals surface area contributed by atoms with Gasteiger partial charge in [0.2, 0.25) is 0 Å². The minimum atomic E-state index is -0.0136. The maximum atomic E-state index is 13.1. The van der Waals surface area contributed by atoms with Crippen molar-refractivity contribution in [2.45, 2.75) is 25.8 Å². The third-order valence-electron chi connectivity index (χ3n) is 4.75. The molecule has 0 aliphatic carbocycles. The average molecular weight is 337 g/mol. The van der Waals surface area contributed by atoms with Crippen molar-refractivity contribution in [2.24, 2.45) is 0 Å². The first kappa shape index (κ1) is 15.6. The second-order valence-corrected chi connectivity index (χ2v) is 6.28. The van der Waals surface area contributed by atoms with Crippen LogP contribution in [0.4, 0.5) is 0 Å². The smallest absolute Gasteiger partial charge is 0.257 e. The largest absolute Gasteiger partial charge is 0.497 e. The van der Waals surface area contributed by atoms with Crippen molar-refractivity contribution < 1.29 is 14.1 Å². The Hall–Kier alpha value is -2.89. The van der Waals surface area contributed by atoms with Crippen LogP contribution in [0.15, 0.2) is 41.1 Å². The van der Waals surface area contributed by atoms with Crippen LogP contribution >= 0.6 is 0 Å². The van der Waals surface area contributed by atoms with Gasteiger partial charge >= 0.3 is 0 Å². The normalized spacial score (nSPS) is 17.2. The van der Waals surface area contributed by atoms with Crippen LogP contribution < -0.4 is 4.74 Å². The number of hydrogen-bond donors (Lipinski definition) is 0. The number of methoxy groups -OCH3 is 1. The molecule has 0 N–H and O–H groups in total. The number of benzene rings is 1. The number of ether oxygens (including phenoxy) is 1. The van der Waals surface area contributed by atoms with E-state index in [1.54, 1.807) is 13.3 Å². The van der Waals surface area contributed by atoms with E-state index in [4.69, 9.17) is 9.26 Å². The Morgan fingerprint density at radius 1 is 1.36 bits per heavy atom. The molecule has 4 rings (SSSR count). The molecule has 0 saturated carbocycles. The Balaban J connectivity index is 1.66. The van der Waals surface area contributed by atoms with Crippen molar-refractivity contribution in [2.75, 3.05) is 13.7 Å². The number of carbonyl (C=O) groups is 1. The minimum absolute atomic E-state index is 0.0136. The Morgan fingerprint density at radius 2 is 2.24 bits per heavy atom. The number of carbonyl (C=O) groups excluding carboxylic acids is 1. The molecule has 6 heteroatoms. The first-order valence-electron chi connectivity index (χ1n) is 8.34. The highest BCUT2D eigenvalue weighted by molar-refractivity contribution is 5.97. The first-order valence-corrected chi connectivity index (χ1v) is 8.34. The molecule has 25 heavy (non-hydrogen) atoms. The molecule has 6 nitrogen and oxygen atoms in total. The zero-order valence-corrected chi connectivity index (χ0v) is 14.2. The van der Waals surface area contributed by atoms with E-state index in [1.807, 2.05) is 42.2 Å². The highest BCUT2D eigenvalue weighted by atomic mass is 16.5. The fourth-order valence-electron chi connectivity index (χ4n) is 3.43. The lowest BCUT2D eigenvalue weighted by Gasteiger charge is -2.25. The maximum absolute atomic E-state index is 13.1. The van der Waals surface area contributed by atoms with Gasteiger partial charge in [-0.2, -0.15) is 0 Å². The van der Waals surface area contributed by atoms with Gasteiger partial charge in [-0.3, -0.25) is 4.79 Å². The number of aryl methyl sites for hydroxylation is 1. The van der Waals surface area contributed by atoms with E-state index in [0.29, 0.717) is 11.3 Å². The molecule has 1 aliphatic rings. The van der Waals surface area contributed by atoms with E-state index >= 15 is 0 Å². The topological polar surface area (TPSA) is 68.5 Å². The van der Waals surface area contributed by atoms with E-state index in [2.05, 4.69) is 10.1 Å². The second-order valence-electron chi connectivity index (χ2n) is 6.28. The molecule has 128 valence electrons. The third-order valence-corrected chi connectivity index (χ3v) is 4.75. The zero-order valence-electron chi connectivity index (χ0n) is 14.2. The van der Waals surface area contributed by atoms with Gasteiger partial charge in [-0.25, -0.2) is 4.98 Å². The van der Waals surface area contributed by atoms with Crippen molar-refractivity contribution >= 4 is 17.0 Å². The summed E-state index contributed by atoms with van der Waals surface area (Å²) in [7, 11) is 1.65. The van der Waals surface area contributed by atoms with Gasteiger partial charge in [0.05, 0.1) is 29.8 Å². The van der Waals surface area contributed by atoms with Crippen LogP contribution in [0.2, 0.25) is 0 Å². The molecular weight excluding hydrogens is 318 g/mol. The fourth-order valence-corrected chi connectivity index (χ4v) is 3.43. The number of rotatable bonds is 3. The van der Waals surface area contributed by atoms with Crippen molar-refractivity contribution in [3.8, 4) is 5.75 Å². The van der Waals surface area contributed by atoms with Gasteiger partial charge in [0, 0.05) is 12.7 Å². The summed E-state index contributed by atoms with van der Waals surface area (Å²) in [6, 6.07) is 9.80. The number of hydrogen-bond acceptors (Lipinski definition) is 5. The zero-order chi connectivity index (χ0) is 17.4. The standard InChI is InChI=1S/C19H19N3O3/c1-12-16-10-14(11-20-18(16)25-21-12)19(23)22-8-4-7-17(22)13-5-3-6-15(9-13)24-2/h3,5-6,9-11,17H,4,7-8H2,1-2H3/t17-/m0/s1. The van der Waals surface area contributed by atoms with E-state index < -0.39 is 0 Å². The lowest BCUT2D eigenvalue weighted by atomic mass is 10.0. The number of fused-ring (bicyclic) bond motifs is 1. The minimum Gasteiger partial charge on any atom is -0.497 e. The second kappa shape index (κ2) is 6.20. The summed E-state index contributed by atoms with van der Waals surface area (Å²) >= 11 is 0. The van der Waals surface area contributed by atoms with Crippen LogP contribution in [0.1, 0.15) is 40.5 Å². The van der Waals surface area contributed by atoms with E-state index in [1.165, 1.54) is 0 Å². The molecule has 1 saturated heterocycles. The van der Waals surface area contributed by atoms with Gasteiger partial charge < -0.3 is 14.2 Å². The molecule has 1 aliphatic heterocycles. The van der Waals surface area contributed by atoms with Gasteiger partial charge in [-0.05, 0) is 43.5 Å². The molecule has 0 unspecified atom stereocenters. The van der Waals surface area contributed by atoms with Crippen LogP contribution in [-0.4, -0.2) is 34.6 Å². The molecule has 1 atom stereocenters. The lowest BCUT2D eigenvalue weighted by Crippen LogP contribution is -2.30. The number of nitrogens with zero attached hydrogens (tertiary/aromatic N) is 3. The Kier molecular flexibility index (Phi) is 3.87. The van der Waals surface area contributed by atoms with Gasteiger partial charge in [0.1, 0.15) is 5.75 Å². The third kappa shape index (κ3) is 2.73. The van der Waals surface area contributed by atoms with Gasteiger partial charge in [-0.15, -0.1) is 0 Å². The van der Waals surface area contributed by atoms with Gasteiger partial charge in [0.25, 0.3) is 11.6 Å². The molecule has 1 fully saturated rings.